The summed E-state index contributed by atoms with van der Waals surface area (Å²) in [5.74, 6) is 0.617. The van der Waals surface area contributed by atoms with Crippen LogP contribution in [0.15, 0.2) is 6.20 Å². The zero-order chi connectivity index (χ0) is 9.35. The Morgan fingerprint density at radius 2 is 2.08 bits per heavy atom. The van der Waals surface area contributed by atoms with E-state index in [9.17, 15) is 0 Å². The molecule has 0 saturated heterocycles. The Morgan fingerprint density at radius 1 is 1.50 bits per heavy atom. The number of aromatic nitrogens is 2. The predicted octanol–water partition coefficient (Wildman–Crippen LogP) is 2.30. The molecule has 0 radical (unpaired) electrons. The molecule has 0 unspecified atom stereocenters. The highest BCUT2D eigenvalue weighted by atomic mass is 35.5. The van der Waals surface area contributed by atoms with Gasteiger partial charge in [-0.2, -0.15) is 5.10 Å². The van der Waals surface area contributed by atoms with Crippen LogP contribution in [0.3, 0.4) is 0 Å². The van der Waals surface area contributed by atoms with Crippen LogP contribution in [0.2, 0.25) is 5.15 Å². The molecule has 4 heteroatoms. The summed E-state index contributed by atoms with van der Waals surface area (Å²) in [6.07, 6.45) is 1.79. The summed E-state index contributed by atoms with van der Waals surface area (Å²) in [6.45, 7) is 6.15. The van der Waals surface area contributed by atoms with Crippen molar-refractivity contribution in [1.82, 2.24) is 9.78 Å². The van der Waals surface area contributed by atoms with Gasteiger partial charge in [-0.25, -0.2) is 0 Å². The van der Waals surface area contributed by atoms with Gasteiger partial charge >= 0.3 is 0 Å². The number of ether oxygens (including phenoxy) is 1. The molecule has 0 bridgehead atoms. The van der Waals surface area contributed by atoms with Gasteiger partial charge in [0, 0.05) is 0 Å². The molecule has 12 heavy (non-hydrogen) atoms. The highest BCUT2D eigenvalue weighted by Gasteiger charge is 2.17. The summed E-state index contributed by atoms with van der Waals surface area (Å²) in [5.41, 5.74) is -0.0551. The van der Waals surface area contributed by atoms with Crippen molar-refractivity contribution in [1.29, 1.82) is 0 Å². The molecule has 1 rings (SSSR count). The minimum Gasteiger partial charge on any atom is -0.492 e. The van der Waals surface area contributed by atoms with Crippen molar-refractivity contribution in [2.75, 3.05) is 7.11 Å². The topological polar surface area (TPSA) is 27.1 Å². The lowest BCUT2D eigenvalue weighted by Gasteiger charge is -2.18. The van der Waals surface area contributed by atoms with Gasteiger partial charge in [0.05, 0.1) is 18.8 Å². The highest BCUT2D eigenvalue weighted by molar-refractivity contribution is 6.30. The summed E-state index contributed by atoms with van der Waals surface area (Å²) < 4.78 is 6.79. The Labute approximate surface area is 77.3 Å². The fourth-order valence-corrected chi connectivity index (χ4v) is 1.03. The maximum atomic E-state index is 5.79. The van der Waals surface area contributed by atoms with Crippen molar-refractivity contribution in [2.24, 2.45) is 0 Å². The molecule has 0 saturated carbocycles. The molecule has 1 aromatic rings. The molecule has 0 spiro atoms. The molecule has 0 aliphatic rings. The van der Waals surface area contributed by atoms with E-state index < -0.39 is 0 Å². The maximum absolute atomic E-state index is 5.79. The van der Waals surface area contributed by atoms with Crippen LogP contribution in [0.25, 0.3) is 0 Å². The third-order valence-corrected chi connectivity index (χ3v) is 1.81. The van der Waals surface area contributed by atoms with Crippen molar-refractivity contribution in [3.05, 3.63) is 11.3 Å². The lowest BCUT2D eigenvalue weighted by Crippen LogP contribution is -2.21. The molecule has 0 amide bonds. The molecule has 1 aromatic heterocycles. The van der Waals surface area contributed by atoms with Gasteiger partial charge in [0.15, 0.2) is 10.9 Å². The van der Waals surface area contributed by atoms with E-state index in [1.54, 1.807) is 18.0 Å². The van der Waals surface area contributed by atoms with Gasteiger partial charge in [0.2, 0.25) is 0 Å². The molecule has 3 nitrogen and oxygen atoms in total. The zero-order valence-electron chi connectivity index (χ0n) is 7.76. The molecular weight excluding hydrogens is 176 g/mol. The maximum Gasteiger partial charge on any atom is 0.193 e. The van der Waals surface area contributed by atoms with Crippen molar-refractivity contribution >= 4 is 11.6 Å². The number of methoxy groups -OCH3 is 1. The quantitative estimate of drug-likeness (QED) is 0.676. The van der Waals surface area contributed by atoms with E-state index in [1.807, 2.05) is 0 Å². The van der Waals surface area contributed by atoms with E-state index in [-0.39, 0.29) is 5.54 Å². The fraction of sp³-hybridized carbons (Fsp3) is 0.625. The van der Waals surface area contributed by atoms with E-state index in [0.717, 1.165) is 0 Å². The van der Waals surface area contributed by atoms with Gasteiger partial charge in [-0.05, 0) is 20.8 Å². The standard InChI is InChI=1S/C8H13ClN2O/c1-8(2,3)11-5-6(12-4)7(9)10-11/h5H,1-4H3. The number of hydrogen-bond acceptors (Lipinski definition) is 2. The second-order valence-corrected chi connectivity index (χ2v) is 3.96. The molecule has 0 aliphatic heterocycles. The van der Waals surface area contributed by atoms with E-state index in [4.69, 9.17) is 16.3 Å². The molecular formula is C8H13ClN2O. The number of halogens is 1. The molecule has 68 valence electrons. The van der Waals surface area contributed by atoms with Crippen LogP contribution in [-0.2, 0) is 5.54 Å². The van der Waals surface area contributed by atoms with E-state index in [2.05, 4.69) is 25.9 Å². The Hall–Kier alpha value is -0.700. The zero-order valence-corrected chi connectivity index (χ0v) is 8.51. The Morgan fingerprint density at radius 3 is 2.33 bits per heavy atom. The van der Waals surface area contributed by atoms with Gasteiger partial charge in [-0.1, -0.05) is 11.6 Å². The van der Waals surface area contributed by atoms with Gasteiger partial charge in [-0.15, -0.1) is 0 Å². The monoisotopic (exact) mass is 188 g/mol. The molecule has 0 aromatic carbocycles. The third-order valence-electron chi connectivity index (χ3n) is 1.55. The minimum atomic E-state index is -0.0551. The molecule has 0 atom stereocenters. The first-order valence-electron chi connectivity index (χ1n) is 3.75. The first-order chi connectivity index (χ1) is 5.45. The Bertz CT molecular complexity index is 275. The predicted molar refractivity (Wildman–Crippen MR) is 48.8 cm³/mol. The van der Waals surface area contributed by atoms with Gasteiger partial charge in [0.1, 0.15) is 0 Å². The van der Waals surface area contributed by atoms with Crippen LogP contribution in [0.1, 0.15) is 20.8 Å². The minimum absolute atomic E-state index is 0.0551. The summed E-state index contributed by atoms with van der Waals surface area (Å²) in [7, 11) is 1.58. The number of hydrogen-bond donors (Lipinski definition) is 0. The Kier molecular flexibility index (Phi) is 2.33. The summed E-state index contributed by atoms with van der Waals surface area (Å²) in [6, 6.07) is 0. The lowest BCUT2D eigenvalue weighted by molar-refractivity contribution is 0.351. The van der Waals surface area contributed by atoms with Gasteiger partial charge < -0.3 is 4.74 Å². The molecule has 0 aliphatic carbocycles. The average molecular weight is 189 g/mol. The summed E-state index contributed by atoms with van der Waals surface area (Å²) >= 11 is 5.79. The molecule has 0 N–H and O–H groups in total. The second-order valence-electron chi connectivity index (χ2n) is 3.60. The number of rotatable bonds is 1. The van der Waals surface area contributed by atoms with Crippen LogP contribution in [-0.4, -0.2) is 16.9 Å². The fourth-order valence-electron chi connectivity index (χ4n) is 0.818. The van der Waals surface area contributed by atoms with Crippen molar-refractivity contribution in [3.63, 3.8) is 0 Å². The van der Waals surface area contributed by atoms with Crippen molar-refractivity contribution < 1.29 is 4.74 Å². The SMILES string of the molecule is COc1cn(C(C)(C)C)nc1Cl. The summed E-state index contributed by atoms with van der Waals surface area (Å²) in [5, 5.41) is 4.52. The van der Waals surface area contributed by atoms with Crippen LogP contribution < -0.4 is 4.74 Å². The van der Waals surface area contributed by atoms with E-state index in [1.165, 1.54) is 0 Å². The molecule has 1 heterocycles. The van der Waals surface area contributed by atoms with E-state index in [0.29, 0.717) is 10.9 Å². The third kappa shape index (κ3) is 1.72. The van der Waals surface area contributed by atoms with Crippen LogP contribution in [0.4, 0.5) is 0 Å². The van der Waals surface area contributed by atoms with Crippen LogP contribution >= 0.6 is 11.6 Å². The largest absolute Gasteiger partial charge is 0.492 e. The smallest absolute Gasteiger partial charge is 0.193 e. The summed E-state index contributed by atoms with van der Waals surface area (Å²) in [4.78, 5) is 0. The first kappa shape index (κ1) is 9.39. The van der Waals surface area contributed by atoms with E-state index >= 15 is 0 Å². The first-order valence-corrected chi connectivity index (χ1v) is 4.12. The van der Waals surface area contributed by atoms with Crippen molar-refractivity contribution in [3.8, 4) is 5.75 Å². The normalized spacial score (nSPS) is 11.8. The van der Waals surface area contributed by atoms with Gasteiger partial charge in [-0.3, -0.25) is 4.68 Å². The number of nitrogens with zero attached hydrogens (tertiary/aromatic N) is 2. The van der Waals surface area contributed by atoms with Crippen LogP contribution in [0.5, 0.6) is 5.75 Å². The second kappa shape index (κ2) is 2.98. The van der Waals surface area contributed by atoms with Crippen molar-refractivity contribution in [2.45, 2.75) is 26.3 Å². The Balaban J connectivity index is 3.05. The van der Waals surface area contributed by atoms with Gasteiger partial charge in [0.25, 0.3) is 0 Å². The average Bonchev–Trinajstić information content (AvgIpc) is 2.29. The molecule has 0 fully saturated rings. The van der Waals surface area contributed by atoms with Crippen LogP contribution in [0, 0.1) is 0 Å². The lowest BCUT2D eigenvalue weighted by atomic mass is 10.1. The highest BCUT2D eigenvalue weighted by Crippen LogP contribution is 2.25.